The van der Waals surface area contributed by atoms with Gasteiger partial charge in [-0.3, -0.25) is 0 Å². The van der Waals surface area contributed by atoms with E-state index in [-0.39, 0.29) is 5.92 Å². The summed E-state index contributed by atoms with van der Waals surface area (Å²) in [6.07, 6.45) is 3.64. The van der Waals surface area contributed by atoms with Crippen LogP contribution in [0.1, 0.15) is 45.4 Å². The van der Waals surface area contributed by atoms with Crippen molar-refractivity contribution >= 4 is 0 Å². The van der Waals surface area contributed by atoms with Crippen LogP contribution < -0.4 is 0 Å². The Morgan fingerprint density at radius 1 is 1.10 bits per heavy atom. The summed E-state index contributed by atoms with van der Waals surface area (Å²) in [5.41, 5.74) is 1.29. The fraction of sp³-hybridized carbons (Fsp3) is 0.875. The van der Waals surface area contributed by atoms with Crippen LogP contribution in [0.4, 0.5) is 8.78 Å². The van der Waals surface area contributed by atoms with E-state index in [0.717, 1.165) is 32.1 Å². The molecule has 2 fully saturated rings. The molecule has 0 aliphatic heterocycles. The molecule has 4 heteroatoms. The van der Waals surface area contributed by atoms with E-state index < -0.39 is 18.4 Å². The summed E-state index contributed by atoms with van der Waals surface area (Å²) in [6.45, 7) is 2.29. The number of methoxy groups -OCH3 is 1. The number of hydrogen-bond acceptors (Lipinski definition) is 2. The van der Waals surface area contributed by atoms with Gasteiger partial charge in [0, 0.05) is 6.61 Å². The quantitative estimate of drug-likeness (QED) is 0.722. The highest BCUT2D eigenvalue weighted by molar-refractivity contribution is 5.04. The maximum absolute atomic E-state index is 14.4. The molecule has 2 saturated carbocycles. The highest BCUT2D eigenvalue weighted by Crippen LogP contribution is 2.42. The van der Waals surface area contributed by atoms with E-state index in [1.807, 2.05) is 6.92 Å². The topological polar surface area (TPSA) is 18.5 Å². The predicted molar refractivity (Wildman–Crippen MR) is 75.0 cm³/mol. The maximum atomic E-state index is 14.4. The Hall–Kier alpha value is -0.640. The first-order chi connectivity index (χ1) is 9.67. The van der Waals surface area contributed by atoms with Crippen molar-refractivity contribution in [3.05, 3.63) is 11.8 Å². The summed E-state index contributed by atoms with van der Waals surface area (Å²) in [6, 6.07) is 0. The van der Waals surface area contributed by atoms with Gasteiger partial charge in [-0.25, -0.2) is 8.78 Å². The maximum Gasteiger partial charge on any atom is 0.157 e. The fourth-order valence-electron chi connectivity index (χ4n) is 3.72. The van der Waals surface area contributed by atoms with Crippen LogP contribution in [0, 0.1) is 11.8 Å². The molecule has 0 N–H and O–H groups in total. The average Bonchev–Trinajstić information content (AvgIpc) is 2.46. The van der Waals surface area contributed by atoms with E-state index in [1.54, 1.807) is 13.4 Å². The summed E-state index contributed by atoms with van der Waals surface area (Å²) >= 11 is 0. The Labute approximate surface area is 120 Å². The molecular weight excluding hydrogens is 262 g/mol. The van der Waals surface area contributed by atoms with Crippen LogP contribution in [-0.2, 0) is 9.47 Å². The van der Waals surface area contributed by atoms with E-state index in [0.29, 0.717) is 18.9 Å². The van der Waals surface area contributed by atoms with E-state index >= 15 is 0 Å². The molecule has 0 aromatic carbocycles. The van der Waals surface area contributed by atoms with Gasteiger partial charge in [-0.1, -0.05) is 0 Å². The Morgan fingerprint density at radius 3 is 2.40 bits per heavy atom. The van der Waals surface area contributed by atoms with Gasteiger partial charge in [0.2, 0.25) is 0 Å². The SMILES string of the molecule is CCOC1CCC(C2CCC(=COC)CC2)C(F)C1F. The third kappa shape index (κ3) is 3.51. The smallest absolute Gasteiger partial charge is 0.157 e. The second-order valence-electron chi connectivity index (χ2n) is 5.97. The van der Waals surface area contributed by atoms with Crippen molar-refractivity contribution in [1.29, 1.82) is 0 Å². The Kier molecular flexibility index (Phi) is 5.82. The molecule has 2 aliphatic carbocycles. The highest BCUT2D eigenvalue weighted by Gasteiger charge is 2.44. The number of rotatable bonds is 4. The minimum atomic E-state index is -1.45. The summed E-state index contributed by atoms with van der Waals surface area (Å²) in [4.78, 5) is 0. The lowest BCUT2D eigenvalue weighted by Crippen LogP contribution is -2.45. The van der Waals surface area contributed by atoms with Crippen molar-refractivity contribution < 1.29 is 18.3 Å². The lowest BCUT2D eigenvalue weighted by molar-refractivity contribution is -0.0827. The molecule has 0 radical (unpaired) electrons. The molecule has 116 valence electrons. The number of allylic oxidation sites excluding steroid dienone is 1. The lowest BCUT2D eigenvalue weighted by atomic mass is 9.70. The van der Waals surface area contributed by atoms with Crippen LogP contribution in [-0.4, -0.2) is 32.2 Å². The summed E-state index contributed by atoms with van der Waals surface area (Å²) in [7, 11) is 1.65. The van der Waals surface area contributed by atoms with Crippen molar-refractivity contribution in [3.63, 3.8) is 0 Å². The van der Waals surface area contributed by atoms with Crippen molar-refractivity contribution in [1.82, 2.24) is 0 Å². The molecule has 0 bridgehead atoms. The third-order valence-corrected chi connectivity index (χ3v) is 4.80. The zero-order valence-electron chi connectivity index (χ0n) is 12.5. The number of halogens is 2. The van der Waals surface area contributed by atoms with Gasteiger partial charge in [-0.2, -0.15) is 0 Å². The highest BCUT2D eigenvalue weighted by atomic mass is 19.2. The van der Waals surface area contributed by atoms with Gasteiger partial charge >= 0.3 is 0 Å². The van der Waals surface area contributed by atoms with Gasteiger partial charge in [0.1, 0.15) is 6.17 Å². The lowest BCUT2D eigenvalue weighted by Gasteiger charge is -2.40. The molecule has 20 heavy (non-hydrogen) atoms. The Balaban J connectivity index is 1.89. The van der Waals surface area contributed by atoms with E-state index in [1.165, 1.54) is 5.57 Å². The first-order valence-corrected chi connectivity index (χ1v) is 7.77. The fourth-order valence-corrected chi connectivity index (χ4v) is 3.72. The molecule has 0 amide bonds. The second kappa shape index (κ2) is 7.39. The average molecular weight is 288 g/mol. The molecule has 2 rings (SSSR count). The summed E-state index contributed by atoms with van der Waals surface area (Å²) in [5, 5.41) is 0. The van der Waals surface area contributed by atoms with Crippen LogP contribution >= 0.6 is 0 Å². The molecule has 0 spiro atoms. The predicted octanol–water partition coefficient (Wildman–Crippen LogP) is 4.20. The van der Waals surface area contributed by atoms with E-state index in [9.17, 15) is 8.78 Å². The molecule has 0 aromatic rings. The standard InChI is InChI=1S/C16H26F2O2/c1-3-20-14-9-8-13(15(17)16(14)18)12-6-4-11(5-7-12)10-19-2/h10,12-16H,3-9H2,1-2H3. The molecule has 4 unspecified atom stereocenters. The van der Waals surface area contributed by atoms with Gasteiger partial charge in [0.15, 0.2) is 6.17 Å². The van der Waals surface area contributed by atoms with E-state index in [4.69, 9.17) is 9.47 Å². The molecule has 0 saturated heterocycles. The molecule has 0 aromatic heterocycles. The zero-order valence-corrected chi connectivity index (χ0v) is 12.5. The Morgan fingerprint density at radius 2 is 1.80 bits per heavy atom. The third-order valence-electron chi connectivity index (χ3n) is 4.80. The molecular formula is C16H26F2O2. The van der Waals surface area contributed by atoms with Crippen molar-refractivity contribution in [3.8, 4) is 0 Å². The molecule has 2 nitrogen and oxygen atoms in total. The number of alkyl halides is 2. The van der Waals surface area contributed by atoms with Crippen molar-refractivity contribution in [2.75, 3.05) is 13.7 Å². The first kappa shape index (κ1) is 15.7. The van der Waals surface area contributed by atoms with Crippen LogP contribution in [0.25, 0.3) is 0 Å². The van der Waals surface area contributed by atoms with Crippen LogP contribution in [0.15, 0.2) is 11.8 Å². The largest absolute Gasteiger partial charge is 0.504 e. The van der Waals surface area contributed by atoms with Gasteiger partial charge in [-0.15, -0.1) is 0 Å². The minimum absolute atomic E-state index is 0.134. The zero-order chi connectivity index (χ0) is 14.5. The van der Waals surface area contributed by atoms with Gasteiger partial charge < -0.3 is 9.47 Å². The molecule has 2 aliphatic rings. The van der Waals surface area contributed by atoms with E-state index in [2.05, 4.69) is 0 Å². The van der Waals surface area contributed by atoms with Gasteiger partial charge in [0.05, 0.1) is 19.5 Å². The van der Waals surface area contributed by atoms with Crippen molar-refractivity contribution in [2.45, 2.75) is 63.9 Å². The molecule has 4 atom stereocenters. The monoisotopic (exact) mass is 288 g/mol. The summed E-state index contributed by atoms with van der Waals surface area (Å²) < 4.78 is 38.8. The Bertz CT molecular complexity index is 322. The van der Waals surface area contributed by atoms with Gasteiger partial charge in [-0.05, 0) is 62.9 Å². The van der Waals surface area contributed by atoms with Crippen LogP contribution in [0.5, 0.6) is 0 Å². The second-order valence-corrected chi connectivity index (χ2v) is 5.97. The number of ether oxygens (including phenoxy) is 2. The summed E-state index contributed by atoms with van der Waals surface area (Å²) in [5.74, 6) is 0.172. The number of hydrogen-bond donors (Lipinski definition) is 0. The van der Waals surface area contributed by atoms with Gasteiger partial charge in [0.25, 0.3) is 0 Å². The first-order valence-electron chi connectivity index (χ1n) is 7.77. The van der Waals surface area contributed by atoms with Crippen molar-refractivity contribution in [2.24, 2.45) is 11.8 Å². The van der Waals surface area contributed by atoms with Crippen LogP contribution in [0.2, 0.25) is 0 Å². The minimum Gasteiger partial charge on any atom is -0.504 e. The molecule has 0 heterocycles. The normalized spacial score (nSPS) is 38.6. The van der Waals surface area contributed by atoms with Crippen LogP contribution in [0.3, 0.4) is 0 Å².